The van der Waals surface area contributed by atoms with Crippen LogP contribution in [0.25, 0.3) is 0 Å². The van der Waals surface area contributed by atoms with Crippen LogP contribution in [0, 0.1) is 6.92 Å². The van der Waals surface area contributed by atoms with Crippen LogP contribution in [-0.2, 0) is 0 Å². The number of aliphatic hydroxyl groups excluding tert-OH is 1. The number of thioether (sulfide) groups is 1. The van der Waals surface area contributed by atoms with Gasteiger partial charge in [0, 0.05) is 23.2 Å². The number of hydrogen-bond acceptors (Lipinski definition) is 3. The molecule has 0 aliphatic heterocycles. The van der Waals surface area contributed by atoms with Crippen molar-refractivity contribution in [3.8, 4) is 0 Å². The highest BCUT2D eigenvalue weighted by atomic mass is 32.2. The van der Waals surface area contributed by atoms with Crippen molar-refractivity contribution >= 4 is 11.8 Å². The zero-order valence-corrected chi connectivity index (χ0v) is 12.8. The van der Waals surface area contributed by atoms with Crippen LogP contribution in [0.3, 0.4) is 0 Å². The lowest BCUT2D eigenvalue weighted by Gasteiger charge is -2.35. The second-order valence-corrected chi connectivity index (χ2v) is 6.73. The minimum Gasteiger partial charge on any atom is -0.391 e. The molecule has 2 nitrogen and oxygen atoms in total. The van der Waals surface area contributed by atoms with Gasteiger partial charge in [0.15, 0.2) is 0 Å². The molecule has 0 radical (unpaired) electrons. The second-order valence-electron chi connectivity index (χ2n) is 5.56. The summed E-state index contributed by atoms with van der Waals surface area (Å²) in [6, 6.07) is 9.08. The van der Waals surface area contributed by atoms with Crippen LogP contribution in [-0.4, -0.2) is 41.5 Å². The predicted molar refractivity (Wildman–Crippen MR) is 82.8 cm³/mol. The SMILES string of the molecule is Cc1ccc(SCCN(C)C2CCCCC2O)cc1. The molecule has 2 unspecified atom stereocenters. The fraction of sp³-hybridized carbons (Fsp3) is 0.625. The van der Waals surface area contributed by atoms with Gasteiger partial charge in [-0.15, -0.1) is 11.8 Å². The van der Waals surface area contributed by atoms with Gasteiger partial charge < -0.3 is 10.0 Å². The molecule has 0 aromatic heterocycles. The summed E-state index contributed by atoms with van der Waals surface area (Å²) in [6.45, 7) is 3.16. The summed E-state index contributed by atoms with van der Waals surface area (Å²) in [5.41, 5.74) is 1.31. The molecular formula is C16H25NOS. The molecule has 0 spiro atoms. The van der Waals surface area contributed by atoms with E-state index in [0.717, 1.165) is 25.1 Å². The van der Waals surface area contributed by atoms with E-state index in [9.17, 15) is 5.11 Å². The lowest BCUT2D eigenvalue weighted by molar-refractivity contribution is 0.0351. The minimum atomic E-state index is -0.122. The van der Waals surface area contributed by atoms with Gasteiger partial charge in [-0.2, -0.15) is 0 Å². The van der Waals surface area contributed by atoms with Crippen LogP contribution in [0.15, 0.2) is 29.2 Å². The first-order valence-electron chi connectivity index (χ1n) is 7.24. The van der Waals surface area contributed by atoms with Gasteiger partial charge in [0.2, 0.25) is 0 Å². The molecule has 1 N–H and O–H groups in total. The molecule has 0 heterocycles. The first-order valence-corrected chi connectivity index (χ1v) is 8.23. The van der Waals surface area contributed by atoms with Crippen molar-refractivity contribution in [1.29, 1.82) is 0 Å². The third kappa shape index (κ3) is 4.51. The van der Waals surface area contributed by atoms with Crippen molar-refractivity contribution in [2.45, 2.75) is 49.6 Å². The molecule has 1 aromatic carbocycles. The first kappa shape index (κ1) is 14.9. The fourth-order valence-electron chi connectivity index (χ4n) is 2.71. The summed E-state index contributed by atoms with van der Waals surface area (Å²) < 4.78 is 0. The normalized spacial score (nSPS) is 23.8. The number of aryl methyl sites for hydroxylation is 1. The third-order valence-electron chi connectivity index (χ3n) is 3.99. The Kier molecular flexibility index (Phi) is 5.74. The Morgan fingerprint density at radius 1 is 1.21 bits per heavy atom. The molecule has 3 heteroatoms. The summed E-state index contributed by atoms with van der Waals surface area (Å²) in [4.78, 5) is 3.67. The quantitative estimate of drug-likeness (QED) is 0.836. The van der Waals surface area contributed by atoms with Gasteiger partial charge in [-0.1, -0.05) is 30.5 Å². The molecule has 1 fully saturated rings. The van der Waals surface area contributed by atoms with Crippen molar-refractivity contribution in [2.75, 3.05) is 19.3 Å². The maximum Gasteiger partial charge on any atom is 0.0695 e. The van der Waals surface area contributed by atoms with Gasteiger partial charge in [-0.25, -0.2) is 0 Å². The molecule has 0 bridgehead atoms. The highest BCUT2D eigenvalue weighted by molar-refractivity contribution is 7.99. The lowest BCUT2D eigenvalue weighted by atomic mass is 9.92. The number of rotatable bonds is 5. The molecule has 1 aromatic rings. The van der Waals surface area contributed by atoms with E-state index in [1.54, 1.807) is 0 Å². The van der Waals surface area contributed by atoms with Crippen molar-refractivity contribution in [2.24, 2.45) is 0 Å². The maximum atomic E-state index is 10.0. The highest BCUT2D eigenvalue weighted by Crippen LogP contribution is 2.23. The number of hydrogen-bond donors (Lipinski definition) is 1. The van der Waals surface area contributed by atoms with Gasteiger partial charge in [0.05, 0.1) is 6.10 Å². The standard InChI is InChI=1S/C16H25NOS/c1-13-7-9-14(10-8-13)19-12-11-17(2)15-5-3-4-6-16(15)18/h7-10,15-16,18H,3-6,11-12H2,1-2H3. The summed E-state index contributed by atoms with van der Waals surface area (Å²) in [5.74, 6) is 1.09. The molecular weight excluding hydrogens is 254 g/mol. The molecule has 1 aliphatic carbocycles. The third-order valence-corrected chi connectivity index (χ3v) is 4.99. The van der Waals surface area contributed by atoms with Crippen molar-refractivity contribution in [1.82, 2.24) is 4.90 Å². The van der Waals surface area contributed by atoms with Crippen LogP contribution in [0.1, 0.15) is 31.2 Å². The zero-order valence-electron chi connectivity index (χ0n) is 12.0. The summed E-state index contributed by atoms with van der Waals surface area (Å²) in [7, 11) is 2.15. The highest BCUT2D eigenvalue weighted by Gasteiger charge is 2.25. The number of benzene rings is 1. The molecule has 2 atom stereocenters. The molecule has 106 valence electrons. The van der Waals surface area contributed by atoms with E-state index >= 15 is 0 Å². The molecule has 1 saturated carbocycles. The topological polar surface area (TPSA) is 23.5 Å². The van der Waals surface area contributed by atoms with Crippen molar-refractivity contribution in [3.63, 3.8) is 0 Å². The lowest BCUT2D eigenvalue weighted by Crippen LogP contribution is -2.44. The van der Waals surface area contributed by atoms with Crippen LogP contribution < -0.4 is 0 Å². The largest absolute Gasteiger partial charge is 0.391 e. The molecule has 0 saturated heterocycles. The van der Waals surface area contributed by atoms with Crippen LogP contribution in [0.5, 0.6) is 0 Å². The average Bonchev–Trinajstić information content (AvgIpc) is 2.41. The zero-order chi connectivity index (χ0) is 13.7. The van der Waals surface area contributed by atoms with Gasteiger partial charge in [-0.3, -0.25) is 0 Å². The summed E-state index contributed by atoms with van der Waals surface area (Å²) in [5, 5.41) is 10.0. The van der Waals surface area contributed by atoms with E-state index in [1.807, 2.05) is 11.8 Å². The Hall–Kier alpha value is -0.510. The Bertz CT molecular complexity index is 379. The molecule has 0 amide bonds. The Morgan fingerprint density at radius 3 is 2.58 bits per heavy atom. The molecule has 19 heavy (non-hydrogen) atoms. The van der Waals surface area contributed by atoms with Crippen LogP contribution in [0.4, 0.5) is 0 Å². The minimum absolute atomic E-state index is 0.122. The Labute approximate surface area is 121 Å². The fourth-order valence-corrected chi connectivity index (χ4v) is 3.66. The van der Waals surface area contributed by atoms with E-state index in [-0.39, 0.29) is 6.10 Å². The summed E-state index contributed by atoms with van der Waals surface area (Å²) >= 11 is 1.90. The second kappa shape index (κ2) is 7.32. The number of likely N-dealkylation sites (N-methyl/N-ethyl adjacent to an activating group) is 1. The Morgan fingerprint density at radius 2 is 1.89 bits per heavy atom. The first-order chi connectivity index (χ1) is 9.16. The average molecular weight is 279 g/mol. The molecule has 2 rings (SSSR count). The predicted octanol–water partition coefficient (Wildman–Crippen LogP) is 3.32. The van der Waals surface area contributed by atoms with Crippen LogP contribution >= 0.6 is 11.8 Å². The van der Waals surface area contributed by atoms with Crippen molar-refractivity contribution in [3.05, 3.63) is 29.8 Å². The van der Waals surface area contributed by atoms with E-state index in [4.69, 9.17) is 0 Å². The van der Waals surface area contributed by atoms with Gasteiger partial charge >= 0.3 is 0 Å². The van der Waals surface area contributed by atoms with E-state index < -0.39 is 0 Å². The van der Waals surface area contributed by atoms with Crippen LogP contribution in [0.2, 0.25) is 0 Å². The van der Waals surface area contributed by atoms with E-state index in [0.29, 0.717) is 6.04 Å². The van der Waals surface area contributed by atoms with Gasteiger partial charge in [0.25, 0.3) is 0 Å². The number of aliphatic hydroxyl groups is 1. The van der Waals surface area contributed by atoms with Gasteiger partial charge in [-0.05, 0) is 38.9 Å². The molecule has 1 aliphatic rings. The Balaban J connectivity index is 1.74. The summed E-state index contributed by atoms with van der Waals surface area (Å²) in [6.07, 6.45) is 4.44. The van der Waals surface area contributed by atoms with E-state index in [2.05, 4.69) is 43.1 Å². The smallest absolute Gasteiger partial charge is 0.0695 e. The van der Waals surface area contributed by atoms with Crippen molar-refractivity contribution < 1.29 is 5.11 Å². The van der Waals surface area contributed by atoms with Gasteiger partial charge in [0.1, 0.15) is 0 Å². The number of nitrogens with zero attached hydrogens (tertiary/aromatic N) is 1. The monoisotopic (exact) mass is 279 g/mol. The maximum absolute atomic E-state index is 10.0. The van der Waals surface area contributed by atoms with E-state index in [1.165, 1.54) is 23.3 Å².